The van der Waals surface area contributed by atoms with Crippen LogP contribution in [0.4, 0.5) is 5.69 Å². The van der Waals surface area contributed by atoms with E-state index in [1.54, 1.807) is 24.3 Å². The molecular weight excluding hydrogens is 402 g/mol. The Balaban J connectivity index is 1.59. The minimum absolute atomic E-state index is 0.226. The van der Waals surface area contributed by atoms with E-state index in [2.05, 4.69) is 10.3 Å². The summed E-state index contributed by atoms with van der Waals surface area (Å²) in [5, 5.41) is 4.55. The quantitative estimate of drug-likeness (QED) is 0.500. The second-order valence-corrected chi connectivity index (χ2v) is 7.34. The summed E-state index contributed by atoms with van der Waals surface area (Å²) in [6.45, 7) is -0.226. The number of nitrogens with zero attached hydrogens (tertiary/aromatic N) is 2. The molecule has 0 fully saturated rings. The monoisotopic (exact) mass is 419 g/mol. The van der Waals surface area contributed by atoms with Crippen LogP contribution in [0.3, 0.4) is 0 Å². The number of hydrogen-bond acceptors (Lipinski definition) is 6. The smallest absolute Gasteiger partial charge is 0.339 e. The van der Waals surface area contributed by atoms with E-state index < -0.39 is 11.9 Å². The largest absolute Gasteiger partial charge is 0.465 e. The third-order valence-corrected chi connectivity index (χ3v) is 5.51. The highest BCUT2D eigenvalue weighted by Gasteiger charge is 2.16. The first-order valence-corrected chi connectivity index (χ1v) is 9.95. The maximum Gasteiger partial charge on any atom is 0.339 e. The molecule has 2 aromatic carbocycles. The number of carbonyl (C=O) groups is 2. The molecule has 4 rings (SSSR count). The fourth-order valence-electron chi connectivity index (χ4n) is 3.10. The number of para-hydroxylation sites is 1. The van der Waals surface area contributed by atoms with Crippen molar-refractivity contribution in [2.45, 2.75) is 6.54 Å². The van der Waals surface area contributed by atoms with E-state index >= 15 is 0 Å². The van der Waals surface area contributed by atoms with Crippen molar-refractivity contribution < 1.29 is 14.3 Å². The van der Waals surface area contributed by atoms with Crippen LogP contribution in [0.1, 0.15) is 10.4 Å². The maximum atomic E-state index is 12.9. The van der Waals surface area contributed by atoms with Gasteiger partial charge in [-0.05, 0) is 17.7 Å². The Bertz CT molecular complexity index is 1290. The molecular formula is C22H17N3O4S. The third-order valence-electron chi connectivity index (χ3n) is 4.55. The van der Waals surface area contributed by atoms with E-state index in [1.165, 1.54) is 29.3 Å². The molecule has 150 valence electrons. The SMILES string of the molecule is COC(=O)c1ccccc1NC(=O)Cn1cnc2c(-c3ccccc3)csc2c1=O. The van der Waals surface area contributed by atoms with Gasteiger partial charge in [0.05, 0.1) is 30.2 Å². The first-order chi connectivity index (χ1) is 14.6. The van der Waals surface area contributed by atoms with Crippen molar-refractivity contribution in [2.75, 3.05) is 12.4 Å². The molecule has 0 bridgehead atoms. The first-order valence-electron chi connectivity index (χ1n) is 9.07. The average molecular weight is 419 g/mol. The fraction of sp³-hybridized carbons (Fsp3) is 0.0909. The van der Waals surface area contributed by atoms with Crippen LogP contribution in [0.25, 0.3) is 21.3 Å². The second-order valence-electron chi connectivity index (χ2n) is 6.46. The lowest BCUT2D eigenvalue weighted by molar-refractivity contribution is -0.116. The number of aromatic nitrogens is 2. The van der Waals surface area contributed by atoms with Crippen molar-refractivity contribution >= 4 is 39.1 Å². The summed E-state index contributed by atoms with van der Waals surface area (Å²) in [4.78, 5) is 41.6. The summed E-state index contributed by atoms with van der Waals surface area (Å²) in [6, 6.07) is 16.2. The van der Waals surface area contributed by atoms with E-state index in [0.717, 1.165) is 11.1 Å². The molecule has 2 heterocycles. The molecule has 0 atom stereocenters. The summed E-state index contributed by atoms with van der Waals surface area (Å²) in [5.74, 6) is -1.01. The van der Waals surface area contributed by atoms with Gasteiger partial charge in [-0.15, -0.1) is 11.3 Å². The molecule has 1 N–H and O–H groups in total. The van der Waals surface area contributed by atoms with E-state index in [4.69, 9.17) is 4.74 Å². The van der Waals surface area contributed by atoms with Gasteiger partial charge in [-0.1, -0.05) is 42.5 Å². The van der Waals surface area contributed by atoms with Crippen LogP contribution in [0.5, 0.6) is 0 Å². The number of benzene rings is 2. The Morgan fingerprint density at radius 2 is 1.83 bits per heavy atom. The van der Waals surface area contributed by atoms with Gasteiger partial charge in [-0.2, -0.15) is 0 Å². The van der Waals surface area contributed by atoms with Crippen molar-refractivity contribution in [3.8, 4) is 11.1 Å². The van der Waals surface area contributed by atoms with E-state index in [0.29, 0.717) is 15.9 Å². The van der Waals surface area contributed by atoms with Gasteiger partial charge >= 0.3 is 5.97 Å². The maximum absolute atomic E-state index is 12.9. The zero-order valence-corrected chi connectivity index (χ0v) is 16.8. The Morgan fingerprint density at radius 3 is 2.60 bits per heavy atom. The molecule has 0 aliphatic carbocycles. The molecule has 0 unspecified atom stereocenters. The van der Waals surface area contributed by atoms with Crippen LogP contribution in [0.15, 0.2) is 71.1 Å². The van der Waals surface area contributed by atoms with Gasteiger partial charge in [0.25, 0.3) is 5.56 Å². The number of anilines is 1. The van der Waals surface area contributed by atoms with Crippen LogP contribution < -0.4 is 10.9 Å². The van der Waals surface area contributed by atoms with Crippen molar-refractivity contribution in [2.24, 2.45) is 0 Å². The van der Waals surface area contributed by atoms with Crippen molar-refractivity contribution in [1.29, 1.82) is 0 Å². The molecule has 0 saturated heterocycles. The number of thiophene rings is 1. The van der Waals surface area contributed by atoms with Crippen molar-refractivity contribution in [3.63, 3.8) is 0 Å². The predicted octanol–water partition coefficient (Wildman–Crippen LogP) is 3.55. The zero-order valence-electron chi connectivity index (χ0n) is 16.0. The molecule has 4 aromatic rings. The number of ether oxygens (including phenoxy) is 1. The standard InChI is InChI=1S/C22H17N3O4S/c1-29-22(28)15-9-5-6-10-17(15)24-18(26)11-25-13-23-19-16(12-30-20(19)21(25)27)14-7-3-2-4-8-14/h2-10,12-13H,11H2,1H3,(H,24,26). The van der Waals surface area contributed by atoms with Crippen LogP contribution in [-0.2, 0) is 16.1 Å². The highest BCUT2D eigenvalue weighted by molar-refractivity contribution is 7.17. The highest BCUT2D eigenvalue weighted by atomic mass is 32.1. The topological polar surface area (TPSA) is 90.3 Å². The van der Waals surface area contributed by atoms with E-state index in [-0.39, 0.29) is 17.7 Å². The summed E-state index contributed by atoms with van der Waals surface area (Å²) >= 11 is 1.30. The van der Waals surface area contributed by atoms with Gasteiger partial charge in [0.15, 0.2) is 0 Å². The van der Waals surface area contributed by atoms with Crippen LogP contribution in [0.2, 0.25) is 0 Å². The molecule has 0 spiro atoms. The van der Waals surface area contributed by atoms with Crippen LogP contribution in [0, 0.1) is 0 Å². The lowest BCUT2D eigenvalue weighted by atomic mass is 10.1. The average Bonchev–Trinajstić information content (AvgIpc) is 3.21. The highest BCUT2D eigenvalue weighted by Crippen LogP contribution is 2.30. The van der Waals surface area contributed by atoms with Crippen LogP contribution in [-0.4, -0.2) is 28.5 Å². The fourth-order valence-corrected chi connectivity index (χ4v) is 4.08. The molecule has 0 aliphatic heterocycles. The number of hydrogen-bond donors (Lipinski definition) is 1. The third kappa shape index (κ3) is 3.72. The van der Waals surface area contributed by atoms with Gasteiger partial charge in [-0.3, -0.25) is 14.2 Å². The van der Waals surface area contributed by atoms with Gasteiger partial charge in [0, 0.05) is 10.9 Å². The zero-order chi connectivity index (χ0) is 21.1. The van der Waals surface area contributed by atoms with Crippen LogP contribution >= 0.6 is 11.3 Å². The van der Waals surface area contributed by atoms with Gasteiger partial charge in [0.1, 0.15) is 11.2 Å². The summed E-state index contributed by atoms with van der Waals surface area (Å²) in [7, 11) is 1.27. The number of esters is 1. The number of methoxy groups -OCH3 is 1. The van der Waals surface area contributed by atoms with Gasteiger partial charge in [0.2, 0.25) is 5.91 Å². The lowest BCUT2D eigenvalue weighted by Crippen LogP contribution is -2.28. The van der Waals surface area contributed by atoms with Crippen molar-refractivity contribution in [3.05, 3.63) is 82.2 Å². The number of fused-ring (bicyclic) bond motifs is 1. The molecule has 2 aromatic heterocycles. The Hall–Kier alpha value is -3.78. The van der Waals surface area contributed by atoms with E-state index in [9.17, 15) is 14.4 Å². The first kappa shape index (κ1) is 19.5. The van der Waals surface area contributed by atoms with E-state index in [1.807, 2.05) is 35.7 Å². The molecule has 8 heteroatoms. The number of carbonyl (C=O) groups excluding carboxylic acids is 2. The number of nitrogens with one attached hydrogen (secondary N) is 1. The summed E-state index contributed by atoms with van der Waals surface area (Å²) in [6.07, 6.45) is 1.37. The van der Waals surface area contributed by atoms with Gasteiger partial charge in [-0.25, -0.2) is 9.78 Å². The molecule has 1 amide bonds. The molecule has 7 nitrogen and oxygen atoms in total. The minimum Gasteiger partial charge on any atom is -0.465 e. The Morgan fingerprint density at radius 1 is 1.10 bits per heavy atom. The minimum atomic E-state index is -0.557. The predicted molar refractivity (Wildman–Crippen MR) is 116 cm³/mol. The Kier molecular flexibility index (Phi) is 5.40. The van der Waals surface area contributed by atoms with Crippen molar-refractivity contribution in [1.82, 2.24) is 9.55 Å². The number of rotatable bonds is 5. The molecule has 0 saturated carbocycles. The lowest BCUT2D eigenvalue weighted by Gasteiger charge is -2.10. The van der Waals surface area contributed by atoms with Gasteiger partial charge < -0.3 is 10.1 Å². The molecule has 0 aliphatic rings. The normalized spacial score (nSPS) is 10.7. The number of amides is 1. The Labute approximate surface area is 175 Å². The summed E-state index contributed by atoms with van der Waals surface area (Å²) < 4.78 is 6.47. The molecule has 0 radical (unpaired) electrons. The second kappa shape index (κ2) is 8.30. The molecule has 30 heavy (non-hydrogen) atoms. The summed E-state index contributed by atoms with van der Waals surface area (Å²) in [5.41, 5.74) is 2.74.